The van der Waals surface area contributed by atoms with Gasteiger partial charge in [-0.1, -0.05) is 12.1 Å². The smallest absolute Gasteiger partial charge is 0.124 e. The second-order valence-corrected chi connectivity index (χ2v) is 3.85. The zero-order valence-corrected chi connectivity index (χ0v) is 9.92. The van der Waals surface area contributed by atoms with Crippen molar-refractivity contribution >= 4 is 0 Å². The molecule has 1 heterocycles. The van der Waals surface area contributed by atoms with Crippen molar-refractivity contribution in [1.82, 2.24) is 9.97 Å². The van der Waals surface area contributed by atoms with Crippen LogP contribution in [0.1, 0.15) is 22.9 Å². The highest BCUT2D eigenvalue weighted by Crippen LogP contribution is 2.27. The molecule has 0 fully saturated rings. The summed E-state index contributed by atoms with van der Waals surface area (Å²) in [6, 6.07) is 5.62. The summed E-state index contributed by atoms with van der Waals surface area (Å²) in [4.78, 5) is 8.23. The number of benzene rings is 1. The molecule has 0 spiro atoms. The Kier molecular flexibility index (Phi) is 3.35. The molecule has 2 N–H and O–H groups in total. The molecule has 1 aromatic heterocycles. The number of hydrogen-bond donors (Lipinski definition) is 1. The number of methoxy groups -OCH3 is 1. The Bertz CT molecular complexity index is 499. The maximum atomic E-state index is 6.16. The molecular formula is C13H15N3O. The molecule has 4 nitrogen and oxygen atoms in total. The standard InChI is InChI=1S/C13H15N3O/c1-9-3-4-10(12(7-9)17-2)13(14)11-8-15-5-6-16-11/h3-8,13H,14H2,1-2H3. The van der Waals surface area contributed by atoms with E-state index in [1.54, 1.807) is 25.7 Å². The van der Waals surface area contributed by atoms with Crippen LogP contribution in [0.3, 0.4) is 0 Å². The molecule has 0 aliphatic heterocycles. The second kappa shape index (κ2) is 4.93. The Balaban J connectivity index is 2.40. The number of ether oxygens (including phenoxy) is 1. The predicted octanol–water partition coefficient (Wildman–Crippen LogP) is 1.84. The fraction of sp³-hybridized carbons (Fsp3) is 0.231. The van der Waals surface area contributed by atoms with Gasteiger partial charge in [0.15, 0.2) is 0 Å². The van der Waals surface area contributed by atoms with Crippen molar-refractivity contribution in [2.45, 2.75) is 13.0 Å². The molecule has 0 aliphatic carbocycles. The van der Waals surface area contributed by atoms with Crippen LogP contribution in [-0.4, -0.2) is 17.1 Å². The quantitative estimate of drug-likeness (QED) is 0.872. The highest BCUT2D eigenvalue weighted by atomic mass is 16.5. The van der Waals surface area contributed by atoms with Crippen LogP contribution >= 0.6 is 0 Å². The summed E-state index contributed by atoms with van der Waals surface area (Å²) in [5.74, 6) is 0.781. The predicted molar refractivity (Wildman–Crippen MR) is 65.8 cm³/mol. The van der Waals surface area contributed by atoms with Crippen LogP contribution in [0.5, 0.6) is 5.75 Å². The first-order valence-electron chi connectivity index (χ1n) is 5.38. The lowest BCUT2D eigenvalue weighted by Gasteiger charge is -2.15. The van der Waals surface area contributed by atoms with Gasteiger partial charge in [0.05, 0.1) is 25.0 Å². The van der Waals surface area contributed by atoms with E-state index in [2.05, 4.69) is 9.97 Å². The summed E-state index contributed by atoms with van der Waals surface area (Å²) in [6.07, 6.45) is 4.93. The first kappa shape index (κ1) is 11.5. The molecule has 2 aromatic rings. The third-order valence-corrected chi connectivity index (χ3v) is 2.63. The van der Waals surface area contributed by atoms with E-state index in [0.717, 1.165) is 22.6 Å². The van der Waals surface area contributed by atoms with E-state index in [0.29, 0.717) is 0 Å². The lowest BCUT2D eigenvalue weighted by atomic mass is 10.0. The molecule has 1 atom stereocenters. The van der Waals surface area contributed by atoms with Gasteiger partial charge in [-0.2, -0.15) is 0 Å². The van der Waals surface area contributed by atoms with Gasteiger partial charge < -0.3 is 10.5 Å². The molecule has 0 radical (unpaired) electrons. The van der Waals surface area contributed by atoms with Gasteiger partial charge in [0, 0.05) is 18.0 Å². The molecule has 0 amide bonds. The summed E-state index contributed by atoms with van der Waals surface area (Å²) in [7, 11) is 1.64. The van der Waals surface area contributed by atoms with E-state index in [4.69, 9.17) is 10.5 Å². The number of hydrogen-bond acceptors (Lipinski definition) is 4. The van der Waals surface area contributed by atoms with Crippen LogP contribution in [0, 0.1) is 6.92 Å². The third-order valence-electron chi connectivity index (χ3n) is 2.63. The van der Waals surface area contributed by atoms with Gasteiger partial charge in [-0.15, -0.1) is 0 Å². The maximum Gasteiger partial charge on any atom is 0.124 e. The van der Waals surface area contributed by atoms with E-state index in [1.807, 2.05) is 25.1 Å². The summed E-state index contributed by atoms with van der Waals surface area (Å²) < 4.78 is 5.34. The van der Waals surface area contributed by atoms with Gasteiger partial charge in [-0.05, 0) is 18.6 Å². The Morgan fingerprint density at radius 2 is 2.12 bits per heavy atom. The fourth-order valence-electron chi connectivity index (χ4n) is 1.71. The second-order valence-electron chi connectivity index (χ2n) is 3.85. The van der Waals surface area contributed by atoms with Crippen LogP contribution in [0.25, 0.3) is 0 Å². The first-order valence-corrected chi connectivity index (χ1v) is 5.38. The van der Waals surface area contributed by atoms with E-state index in [9.17, 15) is 0 Å². The minimum absolute atomic E-state index is 0.320. The van der Waals surface area contributed by atoms with E-state index in [1.165, 1.54) is 0 Å². The first-order chi connectivity index (χ1) is 8.22. The van der Waals surface area contributed by atoms with E-state index >= 15 is 0 Å². The monoisotopic (exact) mass is 229 g/mol. The van der Waals surface area contributed by atoms with Gasteiger partial charge in [0.25, 0.3) is 0 Å². The topological polar surface area (TPSA) is 61.0 Å². The largest absolute Gasteiger partial charge is 0.496 e. The molecule has 0 saturated heterocycles. The maximum absolute atomic E-state index is 6.16. The number of nitrogens with two attached hydrogens (primary N) is 1. The molecule has 4 heteroatoms. The van der Waals surface area contributed by atoms with Crippen LogP contribution in [0.15, 0.2) is 36.8 Å². The van der Waals surface area contributed by atoms with Crippen molar-refractivity contribution in [3.8, 4) is 5.75 Å². The van der Waals surface area contributed by atoms with Gasteiger partial charge in [0.2, 0.25) is 0 Å². The normalized spacial score (nSPS) is 12.2. The van der Waals surface area contributed by atoms with Gasteiger partial charge in [-0.25, -0.2) is 0 Å². The zero-order chi connectivity index (χ0) is 12.3. The molecule has 0 bridgehead atoms. The molecule has 0 saturated carbocycles. The minimum atomic E-state index is -0.320. The molecule has 0 aliphatic rings. The van der Waals surface area contributed by atoms with Crippen molar-refractivity contribution in [3.05, 3.63) is 53.6 Å². The summed E-state index contributed by atoms with van der Waals surface area (Å²) >= 11 is 0. The van der Waals surface area contributed by atoms with Gasteiger partial charge in [-0.3, -0.25) is 9.97 Å². The SMILES string of the molecule is COc1cc(C)ccc1C(N)c1cnccn1. The summed E-state index contributed by atoms with van der Waals surface area (Å²) in [5.41, 5.74) is 8.94. The van der Waals surface area contributed by atoms with Crippen molar-refractivity contribution < 1.29 is 4.74 Å². The lowest BCUT2D eigenvalue weighted by Crippen LogP contribution is -2.14. The molecule has 88 valence electrons. The van der Waals surface area contributed by atoms with Crippen molar-refractivity contribution in [2.75, 3.05) is 7.11 Å². The highest BCUT2D eigenvalue weighted by molar-refractivity contribution is 5.41. The van der Waals surface area contributed by atoms with E-state index in [-0.39, 0.29) is 6.04 Å². The zero-order valence-electron chi connectivity index (χ0n) is 9.92. The average molecular weight is 229 g/mol. The van der Waals surface area contributed by atoms with Crippen molar-refractivity contribution in [1.29, 1.82) is 0 Å². The van der Waals surface area contributed by atoms with Crippen molar-refractivity contribution in [3.63, 3.8) is 0 Å². The highest BCUT2D eigenvalue weighted by Gasteiger charge is 2.15. The Morgan fingerprint density at radius 3 is 2.76 bits per heavy atom. The number of rotatable bonds is 3. The number of aryl methyl sites for hydroxylation is 1. The van der Waals surface area contributed by atoms with Gasteiger partial charge >= 0.3 is 0 Å². The Morgan fingerprint density at radius 1 is 1.29 bits per heavy atom. The Labute approximate surface area is 100 Å². The van der Waals surface area contributed by atoms with Gasteiger partial charge in [0.1, 0.15) is 5.75 Å². The summed E-state index contributed by atoms with van der Waals surface area (Å²) in [5, 5.41) is 0. The molecule has 2 rings (SSSR count). The van der Waals surface area contributed by atoms with Crippen LogP contribution in [0.2, 0.25) is 0 Å². The van der Waals surface area contributed by atoms with E-state index < -0.39 is 0 Å². The Hall–Kier alpha value is -1.94. The summed E-state index contributed by atoms with van der Waals surface area (Å²) in [6.45, 7) is 2.01. The van der Waals surface area contributed by atoms with Crippen LogP contribution in [0.4, 0.5) is 0 Å². The molecule has 17 heavy (non-hydrogen) atoms. The molecular weight excluding hydrogens is 214 g/mol. The van der Waals surface area contributed by atoms with Crippen LogP contribution in [-0.2, 0) is 0 Å². The fourth-order valence-corrected chi connectivity index (χ4v) is 1.71. The van der Waals surface area contributed by atoms with Crippen molar-refractivity contribution in [2.24, 2.45) is 5.73 Å². The third kappa shape index (κ3) is 2.42. The minimum Gasteiger partial charge on any atom is -0.496 e. The molecule has 1 aromatic carbocycles. The number of aromatic nitrogens is 2. The average Bonchev–Trinajstić information content (AvgIpc) is 2.39. The molecule has 1 unspecified atom stereocenters. The lowest BCUT2D eigenvalue weighted by molar-refractivity contribution is 0.407. The van der Waals surface area contributed by atoms with Crippen LogP contribution < -0.4 is 10.5 Å². The number of nitrogens with zero attached hydrogens (tertiary/aromatic N) is 2.